The highest BCUT2D eigenvalue weighted by atomic mass is 32.2. The van der Waals surface area contributed by atoms with Crippen molar-refractivity contribution in [3.63, 3.8) is 0 Å². The van der Waals surface area contributed by atoms with Crippen molar-refractivity contribution in [1.29, 1.82) is 0 Å². The first-order chi connectivity index (χ1) is 15.9. The van der Waals surface area contributed by atoms with E-state index in [-0.39, 0.29) is 10.9 Å². The van der Waals surface area contributed by atoms with Gasteiger partial charge in [-0.2, -0.15) is 0 Å². The molecule has 8 heteroatoms. The van der Waals surface area contributed by atoms with E-state index in [1.807, 2.05) is 31.2 Å². The molecule has 0 bridgehead atoms. The van der Waals surface area contributed by atoms with Crippen LogP contribution in [0, 0.1) is 6.92 Å². The molecule has 1 aromatic carbocycles. The van der Waals surface area contributed by atoms with E-state index >= 15 is 0 Å². The van der Waals surface area contributed by atoms with Crippen molar-refractivity contribution in [2.24, 2.45) is 0 Å². The van der Waals surface area contributed by atoms with Crippen molar-refractivity contribution in [2.75, 3.05) is 18.0 Å². The first kappa shape index (κ1) is 21.6. The molecule has 0 aliphatic carbocycles. The molecular formula is C25H27N5O2S. The van der Waals surface area contributed by atoms with Crippen LogP contribution in [0.2, 0.25) is 0 Å². The minimum atomic E-state index is -3.80. The number of aromatic nitrogens is 3. The molecule has 7 nitrogen and oxygen atoms in total. The van der Waals surface area contributed by atoms with Crippen molar-refractivity contribution in [3.8, 4) is 11.1 Å². The summed E-state index contributed by atoms with van der Waals surface area (Å²) in [5, 5.41) is 4.34. The van der Waals surface area contributed by atoms with E-state index in [1.165, 1.54) is 3.97 Å². The Bertz CT molecular complexity index is 1400. The fourth-order valence-electron chi connectivity index (χ4n) is 4.44. The van der Waals surface area contributed by atoms with Gasteiger partial charge in [0.05, 0.1) is 15.8 Å². The Morgan fingerprint density at radius 1 is 1.00 bits per heavy atom. The zero-order valence-corrected chi connectivity index (χ0v) is 19.7. The van der Waals surface area contributed by atoms with E-state index in [2.05, 4.69) is 29.0 Å². The van der Waals surface area contributed by atoms with E-state index in [1.54, 1.807) is 43.0 Å². The van der Waals surface area contributed by atoms with E-state index < -0.39 is 10.0 Å². The fraction of sp³-hybridized carbons (Fsp3) is 0.280. The predicted molar refractivity (Wildman–Crippen MR) is 131 cm³/mol. The average Bonchev–Trinajstić information content (AvgIpc) is 3.22. The quantitative estimate of drug-likeness (QED) is 0.498. The van der Waals surface area contributed by atoms with Crippen molar-refractivity contribution >= 4 is 26.7 Å². The molecule has 2 atom stereocenters. The predicted octanol–water partition coefficient (Wildman–Crippen LogP) is 3.83. The molecule has 1 aliphatic heterocycles. The van der Waals surface area contributed by atoms with Crippen LogP contribution in [0.15, 0.2) is 72.1 Å². The molecule has 1 saturated heterocycles. The summed E-state index contributed by atoms with van der Waals surface area (Å²) < 4.78 is 28.8. The maximum atomic E-state index is 13.7. The second-order valence-electron chi connectivity index (χ2n) is 8.73. The summed E-state index contributed by atoms with van der Waals surface area (Å²) in [6.45, 7) is 7.88. The van der Waals surface area contributed by atoms with Gasteiger partial charge in [0.2, 0.25) is 0 Å². The molecule has 5 rings (SSSR count). The smallest absolute Gasteiger partial charge is 0.268 e. The molecule has 0 amide bonds. The topological polar surface area (TPSA) is 80.1 Å². The fourth-order valence-corrected chi connectivity index (χ4v) is 5.80. The number of pyridine rings is 2. The first-order valence-corrected chi connectivity index (χ1v) is 12.5. The molecular weight excluding hydrogens is 434 g/mol. The Hall–Kier alpha value is -3.23. The van der Waals surface area contributed by atoms with Gasteiger partial charge in [-0.05, 0) is 56.7 Å². The first-order valence-electron chi connectivity index (χ1n) is 11.1. The monoisotopic (exact) mass is 461 g/mol. The molecule has 0 unspecified atom stereocenters. The van der Waals surface area contributed by atoms with Crippen molar-refractivity contribution in [3.05, 3.63) is 72.8 Å². The summed E-state index contributed by atoms with van der Waals surface area (Å²) in [4.78, 5) is 11.4. The molecule has 170 valence electrons. The average molecular weight is 462 g/mol. The molecule has 1 fully saturated rings. The summed E-state index contributed by atoms with van der Waals surface area (Å²) >= 11 is 0. The van der Waals surface area contributed by atoms with Crippen LogP contribution in [0.3, 0.4) is 0 Å². The van der Waals surface area contributed by atoms with Crippen LogP contribution in [-0.2, 0) is 10.0 Å². The molecule has 4 aromatic rings. The Morgan fingerprint density at radius 2 is 1.73 bits per heavy atom. The zero-order valence-electron chi connectivity index (χ0n) is 18.9. The van der Waals surface area contributed by atoms with Gasteiger partial charge in [0, 0.05) is 55.5 Å². The third kappa shape index (κ3) is 3.79. The highest BCUT2D eigenvalue weighted by Crippen LogP contribution is 2.38. The number of rotatable bonds is 4. The minimum Gasteiger partial charge on any atom is -0.351 e. The van der Waals surface area contributed by atoms with Gasteiger partial charge in [-0.25, -0.2) is 17.4 Å². The highest BCUT2D eigenvalue weighted by Gasteiger charge is 2.29. The van der Waals surface area contributed by atoms with Gasteiger partial charge in [0.15, 0.2) is 0 Å². The molecule has 33 heavy (non-hydrogen) atoms. The van der Waals surface area contributed by atoms with Gasteiger partial charge in [-0.1, -0.05) is 17.7 Å². The molecule has 0 radical (unpaired) electrons. The highest BCUT2D eigenvalue weighted by molar-refractivity contribution is 7.90. The summed E-state index contributed by atoms with van der Waals surface area (Å²) in [5.41, 5.74) is 3.35. The van der Waals surface area contributed by atoms with Gasteiger partial charge < -0.3 is 10.2 Å². The molecule has 0 spiro atoms. The largest absolute Gasteiger partial charge is 0.351 e. The number of hydrogen-bond donors (Lipinski definition) is 1. The van der Waals surface area contributed by atoms with E-state index in [9.17, 15) is 8.42 Å². The van der Waals surface area contributed by atoms with E-state index in [4.69, 9.17) is 4.98 Å². The molecule has 3 aromatic heterocycles. The van der Waals surface area contributed by atoms with E-state index in [0.29, 0.717) is 11.6 Å². The SMILES string of the molecule is Cc1ccc(S(=O)(=O)n2cc(-c3ccncc3)c3c(N4C[C@@H](C)NC[C@@H]4C)nccc32)cc1. The third-order valence-corrected chi connectivity index (χ3v) is 7.96. The standard InChI is InChI=1S/C25H27N5O2S/c1-17-4-6-21(7-5-17)33(31,32)30-16-22(20-8-11-26-12-9-20)24-23(30)10-13-27-25(24)29-15-18(2)28-14-19(29)3/h4-13,16,18-19,28H,14-15H2,1-3H3/t18-,19+/m1/s1. The number of aryl methyl sites for hydroxylation is 1. The molecule has 1 aliphatic rings. The summed E-state index contributed by atoms with van der Waals surface area (Å²) in [6.07, 6.45) is 6.86. The number of benzene rings is 1. The maximum Gasteiger partial charge on any atom is 0.268 e. The Morgan fingerprint density at radius 3 is 2.45 bits per heavy atom. The van der Waals surface area contributed by atoms with Crippen LogP contribution in [0.5, 0.6) is 0 Å². The summed E-state index contributed by atoms with van der Waals surface area (Å²) in [6, 6.07) is 13.1. The van der Waals surface area contributed by atoms with E-state index in [0.717, 1.165) is 41.0 Å². The van der Waals surface area contributed by atoms with Crippen LogP contribution in [0.4, 0.5) is 5.82 Å². The van der Waals surface area contributed by atoms with Crippen molar-refractivity contribution in [1.82, 2.24) is 19.3 Å². The number of anilines is 1. The van der Waals surface area contributed by atoms with Gasteiger partial charge in [-0.15, -0.1) is 0 Å². The van der Waals surface area contributed by atoms with Crippen LogP contribution in [0.25, 0.3) is 22.0 Å². The lowest BCUT2D eigenvalue weighted by atomic mass is 10.0. The lowest BCUT2D eigenvalue weighted by molar-refractivity contribution is 0.423. The maximum absolute atomic E-state index is 13.7. The normalized spacial score (nSPS) is 19.2. The Balaban J connectivity index is 1.78. The molecule has 4 heterocycles. The number of nitrogens with zero attached hydrogens (tertiary/aromatic N) is 4. The second-order valence-corrected chi connectivity index (χ2v) is 10.5. The lowest BCUT2D eigenvalue weighted by Gasteiger charge is -2.38. The van der Waals surface area contributed by atoms with Crippen LogP contribution in [0.1, 0.15) is 19.4 Å². The van der Waals surface area contributed by atoms with Gasteiger partial charge >= 0.3 is 0 Å². The van der Waals surface area contributed by atoms with Crippen molar-refractivity contribution < 1.29 is 8.42 Å². The molecule has 0 saturated carbocycles. The number of nitrogens with one attached hydrogen (secondary N) is 1. The number of piperazine rings is 1. The second kappa shape index (κ2) is 8.28. The number of hydrogen-bond acceptors (Lipinski definition) is 6. The van der Waals surface area contributed by atoms with Crippen molar-refractivity contribution in [2.45, 2.75) is 37.8 Å². The lowest BCUT2D eigenvalue weighted by Crippen LogP contribution is -2.54. The van der Waals surface area contributed by atoms with Crippen LogP contribution >= 0.6 is 0 Å². The van der Waals surface area contributed by atoms with Crippen LogP contribution < -0.4 is 10.2 Å². The van der Waals surface area contributed by atoms with Gasteiger partial charge in [0.1, 0.15) is 5.82 Å². The van der Waals surface area contributed by atoms with Gasteiger partial charge in [-0.3, -0.25) is 4.98 Å². The third-order valence-electron chi connectivity index (χ3n) is 6.27. The summed E-state index contributed by atoms with van der Waals surface area (Å²) in [5.74, 6) is 0.804. The number of fused-ring (bicyclic) bond motifs is 1. The Labute approximate surface area is 194 Å². The Kier molecular flexibility index (Phi) is 5.42. The van der Waals surface area contributed by atoms with Crippen LogP contribution in [-0.4, -0.2) is 47.5 Å². The molecule has 1 N–H and O–H groups in total. The minimum absolute atomic E-state index is 0.224. The summed E-state index contributed by atoms with van der Waals surface area (Å²) in [7, 11) is -3.80. The zero-order chi connectivity index (χ0) is 23.2. The van der Waals surface area contributed by atoms with Gasteiger partial charge in [0.25, 0.3) is 10.0 Å².